The van der Waals surface area contributed by atoms with Crippen molar-refractivity contribution in [2.45, 2.75) is 6.42 Å². The smallest absolute Gasteiger partial charge is 0.228 e. The third-order valence-corrected chi connectivity index (χ3v) is 3.86. The van der Waals surface area contributed by atoms with Gasteiger partial charge in [-0.3, -0.25) is 4.79 Å². The molecule has 2 aromatic rings. The molecule has 0 unspecified atom stereocenters. The molecule has 0 aliphatic heterocycles. The number of amides is 1. The second kappa shape index (κ2) is 6.95. The summed E-state index contributed by atoms with van der Waals surface area (Å²) in [5.41, 5.74) is 1.71. The Morgan fingerprint density at radius 1 is 1.25 bits per heavy atom. The van der Waals surface area contributed by atoms with Gasteiger partial charge in [0, 0.05) is 8.59 Å². The van der Waals surface area contributed by atoms with Crippen LogP contribution in [0.5, 0.6) is 5.75 Å². The number of rotatable bonds is 4. The normalized spacial score (nSPS) is 10.2. The van der Waals surface area contributed by atoms with E-state index in [0.29, 0.717) is 11.4 Å². The molecule has 3 nitrogen and oxygen atoms in total. The van der Waals surface area contributed by atoms with Gasteiger partial charge in [-0.1, -0.05) is 23.7 Å². The Balaban J connectivity index is 2.01. The van der Waals surface area contributed by atoms with E-state index in [2.05, 4.69) is 27.9 Å². The maximum atomic E-state index is 12.0. The predicted octanol–water partition coefficient (Wildman–Crippen LogP) is 4.13. The zero-order valence-corrected chi connectivity index (χ0v) is 13.7. The highest BCUT2D eigenvalue weighted by Crippen LogP contribution is 2.22. The van der Waals surface area contributed by atoms with Gasteiger partial charge in [-0.05, 0) is 58.5 Å². The lowest BCUT2D eigenvalue weighted by molar-refractivity contribution is -0.115. The van der Waals surface area contributed by atoms with Crippen molar-refractivity contribution in [1.29, 1.82) is 0 Å². The van der Waals surface area contributed by atoms with E-state index in [0.717, 1.165) is 20.6 Å². The number of benzene rings is 2. The lowest BCUT2D eigenvalue weighted by Crippen LogP contribution is -2.15. The van der Waals surface area contributed by atoms with Crippen molar-refractivity contribution in [2.75, 3.05) is 12.4 Å². The van der Waals surface area contributed by atoms with Gasteiger partial charge in [-0.15, -0.1) is 0 Å². The Morgan fingerprint density at radius 3 is 2.55 bits per heavy atom. The summed E-state index contributed by atoms with van der Waals surface area (Å²) >= 11 is 8.03. The van der Waals surface area contributed by atoms with E-state index in [1.54, 1.807) is 19.2 Å². The molecule has 5 heteroatoms. The number of carbonyl (C=O) groups is 1. The molecule has 2 rings (SSSR count). The number of halogens is 2. The topological polar surface area (TPSA) is 38.3 Å². The van der Waals surface area contributed by atoms with Gasteiger partial charge < -0.3 is 10.1 Å². The standard InChI is InChI=1S/C15H13ClINO2/c1-20-12-5-2-10(3-6-12)8-15(19)18-14-7-4-11(16)9-13(14)17/h2-7,9H,8H2,1H3,(H,18,19). The summed E-state index contributed by atoms with van der Waals surface area (Å²) in [4.78, 5) is 12.0. The summed E-state index contributed by atoms with van der Waals surface area (Å²) in [7, 11) is 1.62. The summed E-state index contributed by atoms with van der Waals surface area (Å²) in [5, 5.41) is 3.53. The summed E-state index contributed by atoms with van der Waals surface area (Å²) in [6.07, 6.45) is 0.322. The van der Waals surface area contributed by atoms with E-state index in [4.69, 9.17) is 16.3 Å². The quantitative estimate of drug-likeness (QED) is 0.782. The molecule has 0 heterocycles. The number of ether oxygens (including phenoxy) is 1. The van der Waals surface area contributed by atoms with E-state index in [9.17, 15) is 4.79 Å². The third kappa shape index (κ3) is 4.11. The van der Waals surface area contributed by atoms with Crippen LogP contribution in [0.15, 0.2) is 42.5 Å². The first-order valence-electron chi connectivity index (χ1n) is 5.96. The lowest BCUT2D eigenvalue weighted by Gasteiger charge is -2.08. The molecular formula is C15H13ClINO2. The Labute approximate surface area is 136 Å². The van der Waals surface area contributed by atoms with E-state index in [1.807, 2.05) is 30.3 Å². The highest BCUT2D eigenvalue weighted by molar-refractivity contribution is 14.1. The monoisotopic (exact) mass is 401 g/mol. The van der Waals surface area contributed by atoms with Crippen molar-refractivity contribution >= 4 is 45.8 Å². The van der Waals surface area contributed by atoms with E-state index in [-0.39, 0.29) is 5.91 Å². The first-order chi connectivity index (χ1) is 9.58. The minimum Gasteiger partial charge on any atom is -0.497 e. The van der Waals surface area contributed by atoms with Crippen LogP contribution in [-0.2, 0) is 11.2 Å². The van der Waals surface area contributed by atoms with Crippen molar-refractivity contribution < 1.29 is 9.53 Å². The van der Waals surface area contributed by atoms with Crippen molar-refractivity contribution in [3.63, 3.8) is 0 Å². The fourth-order valence-electron chi connectivity index (χ4n) is 1.71. The number of anilines is 1. The van der Waals surface area contributed by atoms with E-state index < -0.39 is 0 Å². The van der Waals surface area contributed by atoms with Crippen LogP contribution in [0.1, 0.15) is 5.56 Å². The average molecular weight is 402 g/mol. The molecule has 0 aliphatic rings. The summed E-state index contributed by atoms with van der Waals surface area (Å²) < 4.78 is 6.00. The van der Waals surface area contributed by atoms with Crippen molar-refractivity contribution in [3.05, 3.63) is 56.6 Å². The third-order valence-electron chi connectivity index (χ3n) is 2.73. The van der Waals surface area contributed by atoms with Crippen molar-refractivity contribution in [1.82, 2.24) is 0 Å². The first kappa shape index (κ1) is 15.1. The average Bonchev–Trinajstić information content (AvgIpc) is 2.43. The van der Waals surface area contributed by atoms with Gasteiger partial charge in [0.2, 0.25) is 5.91 Å². The molecule has 0 aliphatic carbocycles. The lowest BCUT2D eigenvalue weighted by atomic mass is 10.1. The molecule has 0 spiro atoms. The molecule has 0 saturated heterocycles. The predicted molar refractivity (Wildman–Crippen MR) is 89.5 cm³/mol. The molecule has 1 N–H and O–H groups in total. The highest BCUT2D eigenvalue weighted by Gasteiger charge is 2.07. The van der Waals surface area contributed by atoms with Crippen LogP contribution in [0.2, 0.25) is 5.02 Å². The summed E-state index contributed by atoms with van der Waals surface area (Å²) in [6, 6.07) is 12.8. The first-order valence-corrected chi connectivity index (χ1v) is 7.42. The fourth-order valence-corrected chi connectivity index (χ4v) is 2.72. The van der Waals surface area contributed by atoms with Crippen LogP contribution in [0.4, 0.5) is 5.69 Å². The van der Waals surface area contributed by atoms with Crippen LogP contribution < -0.4 is 10.1 Å². The van der Waals surface area contributed by atoms with Gasteiger partial charge in [-0.25, -0.2) is 0 Å². The summed E-state index contributed by atoms with van der Waals surface area (Å²) in [6.45, 7) is 0. The van der Waals surface area contributed by atoms with Crippen LogP contribution in [-0.4, -0.2) is 13.0 Å². The molecule has 1 amide bonds. The molecule has 104 valence electrons. The number of hydrogen-bond donors (Lipinski definition) is 1. The Hall–Kier alpha value is -1.27. The molecule has 0 aromatic heterocycles. The molecule has 0 bridgehead atoms. The highest BCUT2D eigenvalue weighted by atomic mass is 127. The second-order valence-corrected chi connectivity index (χ2v) is 5.80. The van der Waals surface area contributed by atoms with Crippen LogP contribution >= 0.6 is 34.2 Å². The number of carbonyl (C=O) groups excluding carboxylic acids is 1. The Kier molecular flexibility index (Phi) is 5.25. The SMILES string of the molecule is COc1ccc(CC(=O)Nc2ccc(Cl)cc2I)cc1. The molecule has 20 heavy (non-hydrogen) atoms. The van der Waals surface area contributed by atoms with Gasteiger partial charge >= 0.3 is 0 Å². The second-order valence-electron chi connectivity index (χ2n) is 4.20. The zero-order valence-electron chi connectivity index (χ0n) is 10.8. The molecule has 0 atom stereocenters. The Bertz CT molecular complexity index is 614. The van der Waals surface area contributed by atoms with E-state index >= 15 is 0 Å². The van der Waals surface area contributed by atoms with Gasteiger partial charge in [0.25, 0.3) is 0 Å². The maximum Gasteiger partial charge on any atom is 0.228 e. The van der Waals surface area contributed by atoms with Gasteiger partial charge in [0.1, 0.15) is 5.75 Å². The van der Waals surface area contributed by atoms with Gasteiger partial charge in [-0.2, -0.15) is 0 Å². The largest absolute Gasteiger partial charge is 0.497 e. The van der Waals surface area contributed by atoms with Crippen LogP contribution in [0.3, 0.4) is 0 Å². The molecule has 0 fully saturated rings. The Morgan fingerprint density at radius 2 is 1.95 bits per heavy atom. The maximum absolute atomic E-state index is 12.0. The minimum atomic E-state index is -0.0598. The number of methoxy groups -OCH3 is 1. The molecule has 2 aromatic carbocycles. The minimum absolute atomic E-state index is 0.0598. The van der Waals surface area contributed by atoms with Gasteiger partial charge in [0.05, 0.1) is 19.2 Å². The molecule has 0 radical (unpaired) electrons. The van der Waals surface area contributed by atoms with Crippen LogP contribution in [0, 0.1) is 3.57 Å². The fraction of sp³-hybridized carbons (Fsp3) is 0.133. The van der Waals surface area contributed by atoms with Gasteiger partial charge in [0.15, 0.2) is 0 Å². The molecule has 0 saturated carbocycles. The van der Waals surface area contributed by atoms with E-state index in [1.165, 1.54) is 0 Å². The number of hydrogen-bond acceptors (Lipinski definition) is 2. The zero-order chi connectivity index (χ0) is 14.5. The summed E-state index contributed by atoms with van der Waals surface area (Å²) in [5.74, 6) is 0.719. The number of nitrogens with one attached hydrogen (secondary N) is 1. The van der Waals surface area contributed by atoms with Crippen LogP contribution in [0.25, 0.3) is 0 Å². The van der Waals surface area contributed by atoms with Crippen molar-refractivity contribution in [2.24, 2.45) is 0 Å². The molecular weight excluding hydrogens is 389 g/mol. The van der Waals surface area contributed by atoms with Crippen molar-refractivity contribution in [3.8, 4) is 5.75 Å².